The van der Waals surface area contributed by atoms with Gasteiger partial charge in [0.1, 0.15) is 17.3 Å². The molecule has 0 unspecified atom stereocenters. The van der Waals surface area contributed by atoms with Crippen molar-refractivity contribution >= 4 is 34.1 Å². The zero-order valence-corrected chi connectivity index (χ0v) is 17.2. The number of ether oxygens (including phenoxy) is 1. The van der Waals surface area contributed by atoms with Crippen LogP contribution >= 0.6 is 11.5 Å². The lowest BCUT2D eigenvalue weighted by atomic mass is 10.2. The Morgan fingerprint density at radius 2 is 2.07 bits per heavy atom. The fraction of sp³-hybridized carbons (Fsp3) is 0.316. The van der Waals surface area contributed by atoms with Gasteiger partial charge in [0.15, 0.2) is 5.82 Å². The molecule has 3 heterocycles. The predicted octanol–water partition coefficient (Wildman–Crippen LogP) is 3.82. The van der Waals surface area contributed by atoms with Gasteiger partial charge < -0.3 is 15.0 Å². The topological polar surface area (TPSA) is 93.1 Å². The van der Waals surface area contributed by atoms with Gasteiger partial charge in [-0.2, -0.15) is 9.36 Å². The number of carbonyl (C=O) groups excluding carboxylic acids is 1. The maximum Gasteiger partial charge on any atom is 0.223 e. The number of carbonyl (C=O) groups is 1. The monoisotopic (exact) mass is 398 g/mol. The molecule has 0 fully saturated rings. The Morgan fingerprint density at radius 3 is 2.75 bits per heavy atom. The van der Waals surface area contributed by atoms with Crippen LogP contribution in [0.25, 0.3) is 11.5 Å². The lowest BCUT2D eigenvalue weighted by molar-refractivity contribution is -0.116. The van der Waals surface area contributed by atoms with Gasteiger partial charge in [-0.05, 0) is 38.5 Å². The van der Waals surface area contributed by atoms with E-state index in [9.17, 15) is 4.79 Å². The molecule has 0 aliphatic rings. The number of hydrogen-bond donors (Lipinski definition) is 1. The maximum absolute atomic E-state index is 11.5. The molecule has 0 saturated heterocycles. The highest BCUT2D eigenvalue weighted by molar-refractivity contribution is 7.09. The zero-order chi connectivity index (χ0) is 20.3. The van der Waals surface area contributed by atoms with Gasteiger partial charge in [0.05, 0.1) is 18.0 Å². The van der Waals surface area contributed by atoms with Crippen LogP contribution in [0.4, 0.5) is 16.6 Å². The Labute approximate surface area is 167 Å². The standard InChI is InChI=1S/C19H22N6O2S/c1-11(2)27-15-6-7-20-16(9-15)18-23-19(28-24-18)22-17-12(3)8-14(10-21-17)25(5)13(4)26/h6-11H,1-5H3,(H,21,22,23,24). The number of aromatic nitrogens is 4. The van der Waals surface area contributed by atoms with Gasteiger partial charge in [0.25, 0.3) is 0 Å². The Balaban J connectivity index is 1.77. The summed E-state index contributed by atoms with van der Waals surface area (Å²) in [5.74, 6) is 1.86. The minimum absolute atomic E-state index is 0.0492. The first-order valence-electron chi connectivity index (χ1n) is 8.78. The average Bonchev–Trinajstić information content (AvgIpc) is 3.11. The Kier molecular flexibility index (Phi) is 5.84. The summed E-state index contributed by atoms with van der Waals surface area (Å²) in [4.78, 5) is 26.3. The molecule has 28 heavy (non-hydrogen) atoms. The van der Waals surface area contributed by atoms with Crippen molar-refractivity contribution in [1.29, 1.82) is 0 Å². The van der Waals surface area contributed by atoms with Crippen molar-refractivity contribution in [3.05, 3.63) is 36.2 Å². The molecule has 1 amide bonds. The maximum atomic E-state index is 11.5. The molecule has 0 saturated carbocycles. The summed E-state index contributed by atoms with van der Waals surface area (Å²) >= 11 is 1.23. The van der Waals surface area contributed by atoms with Crippen molar-refractivity contribution in [3.8, 4) is 17.3 Å². The van der Waals surface area contributed by atoms with Crippen LogP contribution in [0, 0.1) is 6.92 Å². The second-order valence-corrected chi connectivity index (χ2v) is 7.28. The molecule has 0 spiro atoms. The van der Waals surface area contributed by atoms with Crippen LogP contribution in [-0.2, 0) is 4.79 Å². The number of nitrogens with zero attached hydrogens (tertiary/aromatic N) is 5. The van der Waals surface area contributed by atoms with Crippen LogP contribution in [0.15, 0.2) is 30.6 Å². The largest absolute Gasteiger partial charge is 0.491 e. The second kappa shape index (κ2) is 8.30. The smallest absolute Gasteiger partial charge is 0.223 e. The van der Waals surface area contributed by atoms with Crippen LogP contribution < -0.4 is 15.0 Å². The number of aryl methyl sites for hydroxylation is 1. The molecule has 8 nitrogen and oxygen atoms in total. The summed E-state index contributed by atoms with van der Waals surface area (Å²) in [6.07, 6.45) is 3.40. The van der Waals surface area contributed by atoms with Gasteiger partial charge in [-0.15, -0.1) is 0 Å². The molecule has 0 aliphatic heterocycles. The number of nitrogens with one attached hydrogen (secondary N) is 1. The summed E-state index contributed by atoms with van der Waals surface area (Å²) in [6, 6.07) is 5.52. The summed E-state index contributed by atoms with van der Waals surface area (Å²) in [5, 5.41) is 3.78. The van der Waals surface area contributed by atoms with Crippen LogP contribution in [0.5, 0.6) is 5.75 Å². The first kappa shape index (κ1) is 19.7. The zero-order valence-electron chi connectivity index (χ0n) is 16.4. The van der Waals surface area contributed by atoms with E-state index in [-0.39, 0.29) is 12.0 Å². The van der Waals surface area contributed by atoms with Crippen molar-refractivity contribution < 1.29 is 9.53 Å². The Morgan fingerprint density at radius 1 is 1.29 bits per heavy atom. The van der Waals surface area contributed by atoms with Gasteiger partial charge in [-0.3, -0.25) is 9.78 Å². The fourth-order valence-corrected chi connectivity index (χ4v) is 2.99. The molecule has 0 radical (unpaired) electrons. The third-order valence-electron chi connectivity index (χ3n) is 3.91. The molecule has 0 atom stereocenters. The number of amides is 1. The third kappa shape index (κ3) is 4.61. The molecular weight excluding hydrogens is 376 g/mol. The van der Waals surface area contributed by atoms with E-state index in [1.165, 1.54) is 18.5 Å². The first-order chi connectivity index (χ1) is 13.3. The van der Waals surface area contributed by atoms with Crippen molar-refractivity contribution in [2.45, 2.75) is 33.8 Å². The normalized spacial score (nSPS) is 10.8. The minimum atomic E-state index is -0.0492. The van der Waals surface area contributed by atoms with E-state index in [0.717, 1.165) is 17.0 Å². The van der Waals surface area contributed by atoms with Crippen molar-refractivity contribution in [2.24, 2.45) is 0 Å². The highest BCUT2D eigenvalue weighted by Crippen LogP contribution is 2.27. The van der Waals surface area contributed by atoms with Gasteiger partial charge >= 0.3 is 0 Å². The van der Waals surface area contributed by atoms with E-state index in [1.807, 2.05) is 39.0 Å². The molecule has 3 rings (SSSR count). The summed E-state index contributed by atoms with van der Waals surface area (Å²) in [6.45, 7) is 7.37. The van der Waals surface area contributed by atoms with E-state index in [0.29, 0.717) is 22.5 Å². The van der Waals surface area contributed by atoms with Gasteiger partial charge in [-0.25, -0.2) is 4.98 Å². The second-order valence-electron chi connectivity index (χ2n) is 6.53. The van der Waals surface area contributed by atoms with E-state index in [2.05, 4.69) is 24.6 Å². The van der Waals surface area contributed by atoms with E-state index >= 15 is 0 Å². The predicted molar refractivity (Wildman–Crippen MR) is 110 cm³/mol. The molecular formula is C19H22N6O2S. The summed E-state index contributed by atoms with van der Waals surface area (Å²) in [7, 11) is 1.72. The average molecular weight is 398 g/mol. The SMILES string of the molecule is CC(=O)N(C)c1cnc(Nc2nc(-c3cc(OC(C)C)ccn3)ns2)c(C)c1. The molecule has 3 aromatic heterocycles. The molecule has 0 aliphatic carbocycles. The van der Waals surface area contributed by atoms with Gasteiger partial charge in [-0.1, -0.05) is 0 Å². The minimum Gasteiger partial charge on any atom is -0.491 e. The van der Waals surface area contributed by atoms with E-state index < -0.39 is 0 Å². The number of pyridine rings is 2. The summed E-state index contributed by atoms with van der Waals surface area (Å²) < 4.78 is 10.1. The van der Waals surface area contributed by atoms with Crippen molar-refractivity contribution in [2.75, 3.05) is 17.3 Å². The van der Waals surface area contributed by atoms with Gasteiger partial charge in [0.2, 0.25) is 11.0 Å². The first-order valence-corrected chi connectivity index (χ1v) is 9.55. The van der Waals surface area contributed by atoms with E-state index in [1.54, 1.807) is 24.3 Å². The van der Waals surface area contributed by atoms with Crippen molar-refractivity contribution in [3.63, 3.8) is 0 Å². The highest BCUT2D eigenvalue weighted by atomic mass is 32.1. The quantitative estimate of drug-likeness (QED) is 0.675. The number of anilines is 3. The molecule has 146 valence electrons. The molecule has 0 bridgehead atoms. The van der Waals surface area contributed by atoms with Crippen molar-refractivity contribution in [1.82, 2.24) is 19.3 Å². The van der Waals surface area contributed by atoms with Crippen LogP contribution in [0.1, 0.15) is 26.3 Å². The third-order valence-corrected chi connectivity index (χ3v) is 4.54. The van der Waals surface area contributed by atoms with Gasteiger partial charge in [0, 0.05) is 37.8 Å². The number of hydrogen-bond acceptors (Lipinski definition) is 8. The molecule has 9 heteroatoms. The molecule has 3 aromatic rings. The lowest BCUT2D eigenvalue weighted by Crippen LogP contribution is -2.23. The summed E-state index contributed by atoms with van der Waals surface area (Å²) in [5.41, 5.74) is 2.28. The van der Waals surface area contributed by atoms with E-state index in [4.69, 9.17) is 4.74 Å². The molecule has 0 aromatic carbocycles. The Hall–Kier alpha value is -3.07. The van der Waals surface area contributed by atoms with Crippen LogP contribution in [0.2, 0.25) is 0 Å². The number of rotatable bonds is 6. The fourth-order valence-electron chi connectivity index (χ4n) is 2.41. The van der Waals surface area contributed by atoms with Crippen LogP contribution in [-0.4, -0.2) is 38.4 Å². The Bertz CT molecular complexity index is 988. The molecule has 1 N–H and O–H groups in total. The highest BCUT2D eigenvalue weighted by Gasteiger charge is 2.13. The lowest BCUT2D eigenvalue weighted by Gasteiger charge is -2.16. The van der Waals surface area contributed by atoms with Crippen LogP contribution in [0.3, 0.4) is 0 Å².